The van der Waals surface area contributed by atoms with Crippen LogP contribution in [0.5, 0.6) is 0 Å². The lowest BCUT2D eigenvalue weighted by atomic mass is 10.2. The maximum Gasteiger partial charge on any atom is 0.243 e. The molecule has 2 aromatic heterocycles. The van der Waals surface area contributed by atoms with Crippen molar-refractivity contribution < 1.29 is 12.8 Å². The van der Waals surface area contributed by atoms with Crippen molar-refractivity contribution in [3.63, 3.8) is 0 Å². The smallest absolute Gasteiger partial charge is 0.243 e. The third kappa shape index (κ3) is 4.54. The quantitative estimate of drug-likeness (QED) is 0.621. The number of piperazine rings is 1. The predicted octanol–water partition coefficient (Wildman–Crippen LogP) is 2.69. The van der Waals surface area contributed by atoms with E-state index in [-0.39, 0.29) is 4.90 Å². The highest BCUT2D eigenvalue weighted by Crippen LogP contribution is 2.24. The molecule has 0 spiro atoms. The second kappa shape index (κ2) is 8.64. The summed E-state index contributed by atoms with van der Waals surface area (Å²) >= 11 is 0. The normalized spacial score (nSPS) is 15.3. The molecule has 0 radical (unpaired) electrons. The summed E-state index contributed by atoms with van der Waals surface area (Å²) in [6, 6.07) is 8.64. The molecule has 31 heavy (non-hydrogen) atoms. The number of hydrogen-bond donors (Lipinski definition) is 1. The summed E-state index contributed by atoms with van der Waals surface area (Å²) in [5, 5.41) is 3.21. The minimum atomic E-state index is -3.58. The highest BCUT2D eigenvalue weighted by atomic mass is 32.2. The van der Waals surface area contributed by atoms with E-state index in [0.29, 0.717) is 43.7 Å². The van der Waals surface area contributed by atoms with Gasteiger partial charge < -0.3 is 14.6 Å². The van der Waals surface area contributed by atoms with Crippen LogP contribution in [0.2, 0.25) is 0 Å². The van der Waals surface area contributed by atoms with E-state index >= 15 is 0 Å². The largest absolute Gasteiger partial charge is 0.449 e. The van der Waals surface area contributed by atoms with Crippen molar-refractivity contribution in [3.05, 3.63) is 48.2 Å². The van der Waals surface area contributed by atoms with Crippen molar-refractivity contribution in [1.29, 1.82) is 0 Å². The lowest BCUT2D eigenvalue weighted by molar-refractivity contribution is 0.382. The van der Waals surface area contributed by atoms with Crippen LogP contribution in [0.1, 0.15) is 18.5 Å². The molecule has 9 nitrogen and oxygen atoms in total. The average Bonchev–Trinajstić information content (AvgIpc) is 3.20. The first-order valence-electron chi connectivity index (χ1n) is 10.2. The fraction of sp³-hybridized carbons (Fsp3) is 0.381. The predicted molar refractivity (Wildman–Crippen MR) is 119 cm³/mol. The highest BCUT2D eigenvalue weighted by molar-refractivity contribution is 7.89. The molecular formula is C21H26N6O3S. The number of oxazole rings is 1. The Bertz CT molecular complexity index is 1150. The standard InChI is InChI=1S/C21H26N6O3S/c1-4-22-20-13-15(2)23-21(25-20)26-9-11-27(12-10-26)31(28,29)18-7-5-17(6-8-18)19-14-30-16(3)24-19/h5-8,13-14H,4,9-12H2,1-3H3,(H,22,23,25). The van der Waals surface area contributed by atoms with E-state index in [1.807, 2.05) is 24.8 Å². The molecule has 1 fully saturated rings. The van der Waals surface area contributed by atoms with E-state index in [4.69, 9.17) is 4.42 Å². The van der Waals surface area contributed by atoms with E-state index in [1.165, 1.54) is 4.31 Å². The summed E-state index contributed by atoms with van der Waals surface area (Å²) in [5.74, 6) is 1.97. The monoisotopic (exact) mass is 442 g/mol. The van der Waals surface area contributed by atoms with Crippen molar-refractivity contribution >= 4 is 21.8 Å². The van der Waals surface area contributed by atoms with Crippen molar-refractivity contribution in [1.82, 2.24) is 19.3 Å². The van der Waals surface area contributed by atoms with E-state index in [2.05, 4.69) is 20.3 Å². The van der Waals surface area contributed by atoms with Gasteiger partial charge in [0.15, 0.2) is 5.89 Å². The van der Waals surface area contributed by atoms with Gasteiger partial charge in [0.1, 0.15) is 17.8 Å². The molecule has 0 unspecified atom stereocenters. The van der Waals surface area contributed by atoms with Gasteiger partial charge in [0.05, 0.1) is 4.90 Å². The molecule has 3 heterocycles. The second-order valence-corrected chi connectivity index (χ2v) is 9.33. The maximum absolute atomic E-state index is 13.1. The van der Waals surface area contributed by atoms with E-state index in [9.17, 15) is 8.42 Å². The van der Waals surface area contributed by atoms with E-state index in [0.717, 1.165) is 23.6 Å². The van der Waals surface area contributed by atoms with Gasteiger partial charge in [-0.3, -0.25) is 0 Å². The van der Waals surface area contributed by atoms with E-state index in [1.54, 1.807) is 37.5 Å². The topological polar surface area (TPSA) is 104 Å². The van der Waals surface area contributed by atoms with Gasteiger partial charge in [-0.25, -0.2) is 18.4 Å². The fourth-order valence-corrected chi connectivity index (χ4v) is 4.96. The van der Waals surface area contributed by atoms with E-state index < -0.39 is 10.0 Å². The molecule has 164 valence electrons. The number of aromatic nitrogens is 3. The zero-order valence-electron chi connectivity index (χ0n) is 17.9. The first-order valence-corrected chi connectivity index (χ1v) is 11.7. The number of sulfonamides is 1. The number of rotatable bonds is 6. The molecule has 10 heteroatoms. The number of benzene rings is 1. The Labute approximate surface area is 182 Å². The first-order chi connectivity index (χ1) is 14.9. The third-order valence-corrected chi connectivity index (χ3v) is 7.04. The molecule has 3 aromatic rings. The number of aryl methyl sites for hydroxylation is 2. The lowest BCUT2D eigenvalue weighted by Gasteiger charge is -2.34. The minimum absolute atomic E-state index is 0.270. The second-order valence-electron chi connectivity index (χ2n) is 7.39. The molecule has 1 saturated heterocycles. The molecule has 1 aromatic carbocycles. The van der Waals surface area contributed by atoms with Crippen molar-refractivity contribution in [2.24, 2.45) is 0 Å². The van der Waals surface area contributed by atoms with Gasteiger partial charge in [0, 0.05) is 57.0 Å². The fourth-order valence-electron chi connectivity index (χ4n) is 3.54. The van der Waals surface area contributed by atoms with Crippen LogP contribution in [0.3, 0.4) is 0 Å². The lowest BCUT2D eigenvalue weighted by Crippen LogP contribution is -2.49. The molecular weight excluding hydrogens is 416 g/mol. The van der Waals surface area contributed by atoms with Gasteiger partial charge in [-0.15, -0.1) is 0 Å². The molecule has 0 amide bonds. The van der Waals surface area contributed by atoms with Crippen LogP contribution in [0.25, 0.3) is 11.3 Å². The Morgan fingerprint density at radius 2 is 1.74 bits per heavy atom. The van der Waals surface area contributed by atoms with Crippen LogP contribution < -0.4 is 10.2 Å². The van der Waals surface area contributed by atoms with Crippen molar-refractivity contribution in [2.75, 3.05) is 42.9 Å². The average molecular weight is 443 g/mol. The Morgan fingerprint density at radius 1 is 1.03 bits per heavy atom. The molecule has 0 atom stereocenters. The molecule has 0 aliphatic carbocycles. The summed E-state index contributed by atoms with van der Waals surface area (Å²) < 4.78 is 33.0. The van der Waals surface area contributed by atoms with Gasteiger partial charge in [0.2, 0.25) is 16.0 Å². The summed E-state index contributed by atoms with van der Waals surface area (Å²) in [6.07, 6.45) is 1.56. The van der Waals surface area contributed by atoms with Gasteiger partial charge >= 0.3 is 0 Å². The summed E-state index contributed by atoms with van der Waals surface area (Å²) in [5.41, 5.74) is 2.37. The molecule has 0 bridgehead atoms. The van der Waals surface area contributed by atoms with Crippen LogP contribution in [-0.4, -0.2) is 60.4 Å². The maximum atomic E-state index is 13.1. The Hall–Kier alpha value is -2.98. The first kappa shape index (κ1) is 21.3. The number of nitrogens with one attached hydrogen (secondary N) is 1. The summed E-state index contributed by atoms with van der Waals surface area (Å²) in [7, 11) is -3.58. The Morgan fingerprint density at radius 3 is 2.35 bits per heavy atom. The molecule has 1 aliphatic rings. The minimum Gasteiger partial charge on any atom is -0.449 e. The SMILES string of the molecule is CCNc1cc(C)nc(N2CCN(S(=O)(=O)c3ccc(-c4coc(C)n4)cc3)CC2)n1. The Kier molecular flexibility index (Phi) is 5.92. The number of hydrogen-bond acceptors (Lipinski definition) is 8. The van der Waals surface area contributed by atoms with Crippen LogP contribution in [0.4, 0.5) is 11.8 Å². The van der Waals surface area contributed by atoms with Crippen LogP contribution in [0, 0.1) is 13.8 Å². The van der Waals surface area contributed by atoms with Crippen molar-refractivity contribution in [3.8, 4) is 11.3 Å². The van der Waals surface area contributed by atoms with Gasteiger partial charge in [-0.2, -0.15) is 9.29 Å². The van der Waals surface area contributed by atoms with Crippen molar-refractivity contribution in [2.45, 2.75) is 25.7 Å². The van der Waals surface area contributed by atoms with Gasteiger partial charge in [0.25, 0.3) is 0 Å². The molecule has 1 N–H and O–H groups in total. The number of nitrogens with zero attached hydrogens (tertiary/aromatic N) is 5. The molecule has 1 aliphatic heterocycles. The van der Waals surface area contributed by atoms with Gasteiger partial charge in [-0.1, -0.05) is 12.1 Å². The highest BCUT2D eigenvalue weighted by Gasteiger charge is 2.29. The number of anilines is 2. The van der Waals surface area contributed by atoms with Crippen LogP contribution in [0.15, 0.2) is 45.9 Å². The van der Waals surface area contributed by atoms with Gasteiger partial charge in [-0.05, 0) is 26.0 Å². The van der Waals surface area contributed by atoms with Crippen LogP contribution >= 0.6 is 0 Å². The summed E-state index contributed by atoms with van der Waals surface area (Å²) in [4.78, 5) is 15.6. The zero-order chi connectivity index (χ0) is 22.0. The van der Waals surface area contributed by atoms with Crippen LogP contribution in [-0.2, 0) is 10.0 Å². The summed E-state index contributed by atoms with van der Waals surface area (Å²) in [6.45, 7) is 8.30. The zero-order valence-corrected chi connectivity index (χ0v) is 18.7. The third-order valence-electron chi connectivity index (χ3n) is 5.13. The Balaban J connectivity index is 1.45. The molecule has 4 rings (SSSR count). The molecule has 0 saturated carbocycles.